The Morgan fingerprint density at radius 2 is 1.62 bits per heavy atom. The summed E-state index contributed by atoms with van der Waals surface area (Å²) in [4.78, 5) is 4.33. The fraction of sp³-hybridized carbons (Fsp3) is 0.400. The number of aromatic nitrogens is 2. The Labute approximate surface area is 76.8 Å². The molecule has 0 N–H and O–H groups in total. The third-order valence-corrected chi connectivity index (χ3v) is 2.59. The van der Waals surface area contributed by atoms with Crippen molar-refractivity contribution in [1.82, 2.24) is 10.1 Å². The Morgan fingerprint density at radius 3 is 2.31 bits per heavy atom. The van der Waals surface area contributed by atoms with Gasteiger partial charge in [0.2, 0.25) is 0 Å². The first-order valence-corrected chi connectivity index (χ1v) is 4.31. The molecular formula is C10H12N2O. The lowest BCUT2D eigenvalue weighted by Crippen LogP contribution is -1.91. The van der Waals surface area contributed by atoms with Crippen LogP contribution in [0.1, 0.15) is 22.5 Å². The zero-order valence-corrected chi connectivity index (χ0v) is 8.30. The summed E-state index contributed by atoms with van der Waals surface area (Å²) in [5.41, 5.74) is 5.03. The fourth-order valence-electron chi connectivity index (χ4n) is 1.56. The highest BCUT2D eigenvalue weighted by Crippen LogP contribution is 2.24. The van der Waals surface area contributed by atoms with Crippen molar-refractivity contribution in [3.63, 3.8) is 0 Å². The molecule has 0 aliphatic heterocycles. The molecule has 0 radical (unpaired) electrons. The summed E-state index contributed by atoms with van der Waals surface area (Å²) < 4.78 is 5.10. The first kappa shape index (κ1) is 8.23. The number of hydrogen-bond acceptors (Lipinski definition) is 3. The van der Waals surface area contributed by atoms with Crippen LogP contribution >= 0.6 is 0 Å². The average molecular weight is 176 g/mol. The number of rotatable bonds is 0. The Kier molecular flexibility index (Phi) is 1.62. The number of pyridine rings is 1. The lowest BCUT2D eigenvalue weighted by atomic mass is 10.1. The van der Waals surface area contributed by atoms with E-state index in [-0.39, 0.29) is 0 Å². The highest BCUT2D eigenvalue weighted by atomic mass is 16.5. The molecule has 0 unspecified atom stereocenters. The lowest BCUT2D eigenvalue weighted by Gasteiger charge is -2.03. The van der Waals surface area contributed by atoms with Crippen LogP contribution in [0.25, 0.3) is 11.1 Å². The van der Waals surface area contributed by atoms with Gasteiger partial charge >= 0.3 is 0 Å². The van der Waals surface area contributed by atoms with Crippen LogP contribution in [0, 0.1) is 27.7 Å². The van der Waals surface area contributed by atoms with Gasteiger partial charge in [-0.3, -0.25) is 0 Å². The fourth-order valence-corrected chi connectivity index (χ4v) is 1.56. The SMILES string of the molecule is Cc1nc2onc(C)c2c(C)c1C. The summed E-state index contributed by atoms with van der Waals surface area (Å²) in [6.07, 6.45) is 0. The summed E-state index contributed by atoms with van der Waals surface area (Å²) in [6.45, 7) is 8.08. The van der Waals surface area contributed by atoms with Crippen molar-refractivity contribution in [3.8, 4) is 0 Å². The number of nitrogens with zero attached hydrogens (tertiary/aromatic N) is 2. The van der Waals surface area contributed by atoms with E-state index in [2.05, 4.69) is 24.0 Å². The summed E-state index contributed by atoms with van der Waals surface area (Å²) in [5.74, 6) is 0. The smallest absolute Gasteiger partial charge is 0.258 e. The molecule has 2 rings (SSSR count). The zero-order valence-electron chi connectivity index (χ0n) is 8.30. The molecule has 0 fully saturated rings. The Hall–Kier alpha value is -1.38. The largest absolute Gasteiger partial charge is 0.336 e. The average Bonchev–Trinajstić information content (AvgIpc) is 2.43. The number of aryl methyl sites for hydroxylation is 3. The summed E-state index contributed by atoms with van der Waals surface area (Å²) >= 11 is 0. The molecule has 0 amide bonds. The van der Waals surface area contributed by atoms with Crippen molar-refractivity contribution in [2.24, 2.45) is 0 Å². The van der Waals surface area contributed by atoms with Gasteiger partial charge in [-0.2, -0.15) is 0 Å². The normalized spacial score (nSPS) is 11.1. The Bertz CT molecular complexity index is 471. The highest BCUT2D eigenvalue weighted by molar-refractivity contribution is 5.81. The van der Waals surface area contributed by atoms with E-state index in [1.54, 1.807) is 0 Å². The second kappa shape index (κ2) is 2.55. The van der Waals surface area contributed by atoms with Crippen LogP contribution < -0.4 is 0 Å². The molecule has 0 bridgehead atoms. The van der Waals surface area contributed by atoms with E-state index in [9.17, 15) is 0 Å². The van der Waals surface area contributed by atoms with E-state index >= 15 is 0 Å². The minimum absolute atomic E-state index is 0.651. The van der Waals surface area contributed by atoms with Crippen molar-refractivity contribution in [2.45, 2.75) is 27.7 Å². The molecule has 68 valence electrons. The van der Waals surface area contributed by atoms with E-state index in [0.717, 1.165) is 16.8 Å². The van der Waals surface area contributed by atoms with E-state index < -0.39 is 0 Å². The van der Waals surface area contributed by atoms with Crippen LogP contribution in [0.3, 0.4) is 0 Å². The maximum Gasteiger partial charge on any atom is 0.258 e. The van der Waals surface area contributed by atoms with Crippen LogP contribution in [0.4, 0.5) is 0 Å². The molecule has 2 aromatic rings. The van der Waals surface area contributed by atoms with E-state index in [0.29, 0.717) is 5.71 Å². The molecule has 0 aromatic carbocycles. The second-order valence-corrected chi connectivity index (χ2v) is 3.40. The molecule has 0 atom stereocenters. The molecule has 3 heteroatoms. The first-order valence-electron chi connectivity index (χ1n) is 4.31. The summed E-state index contributed by atoms with van der Waals surface area (Å²) in [7, 11) is 0. The van der Waals surface area contributed by atoms with E-state index in [1.807, 2.05) is 13.8 Å². The van der Waals surface area contributed by atoms with Gasteiger partial charge in [0.25, 0.3) is 5.71 Å². The maximum atomic E-state index is 5.10. The predicted molar refractivity (Wildman–Crippen MR) is 50.8 cm³/mol. The van der Waals surface area contributed by atoms with Crippen molar-refractivity contribution < 1.29 is 4.52 Å². The quantitative estimate of drug-likeness (QED) is 0.619. The van der Waals surface area contributed by atoms with Gasteiger partial charge in [0, 0.05) is 5.69 Å². The molecule has 2 heterocycles. The molecule has 3 nitrogen and oxygen atoms in total. The van der Waals surface area contributed by atoms with E-state index in [4.69, 9.17) is 4.52 Å². The number of fused-ring (bicyclic) bond motifs is 1. The molecule has 0 saturated carbocycles. The number of hydrogen-bond donors (Lipinski definition) is 0. The Morgan fingerprint density at radius 1 is 0.923 bits per heavy atom. The molecule has 13 heavy (non-hydrogen) atoms. The molecule has 2 aromatic heterocycles. The van der Waals surface area contributed by atoms with Crippen LogP contribution in [0.5, 0.6) is 0 Å². The second-order valence-electron chi connectivity index (χ2n) is 3.40. The van der Waals surface area contributed by atoms with Gasteiger partial charge in [0.1, 0.15) is 0 Å². The van der Waals surface area contributed by atoms with Gasteiger partial charge in [0.05, 0.1) is 11.1 Å². The highest BCUT2D eigenvalue weighted by Gasteiger charge is 2.11. The Balaban J connectivity index is 2.97. The van der Waals surface area contributed by atoms with Crippen LogP contribution in [0.2, 0.25) is 0 Å². The predicted octanol–water partition coefficient (Wildman–Crippen LogP) is 2.46. The third kappa shape index (κ3) is 1.03. The first-order chi connectivity index (χ1) is 6.11. The van der Waals surface area contributed by atoms with Gasteiger partial charge < -0.3 is 4.52 Å². The van der Waals surface area contributed by atoms with Crippen LogP contribution in [0.15, 0.2) is 4.52 Å². The van der Waals surface area contributed by atoms with Crippen molar-refractivity contribution in [3.05, 3.63) is 22.5 Å². The monoisotopic (exact) mass is 176 g/mol. The van der Waals surface area contributed by atoms with Crippen molar-refractivity contribution in [1.29, 1.82) is 0 Å². The van der Waals surface area contributed by atoms with E-state index in [1.165, 1.54) is 11.1 Å². The minimum atomic E-state index is 0.651. The molecule has 0 saturated heterocycles. The van der Waals surface area contributed by atoms with Crippen LogP contribution in [-0.2, 0) is 0 Å². The zero-order chi connectivity index (χ0) is 9.59. The van der Waals surface area contributed by atoms with Crippen LogP contribution in [-0.4, -0.2) is 10.1 Å². The topological polar surface area (TPSA) is 38.9 Å². The third-order valence-electron chi connectivity index (χ3n) is 2.59. The summed E-state index contributed by atoms with van der Waals surface area (Å²) in [5, 5.41) is 4.96. The standard InChI is InChI=1S/C10H12N2O/c1-5-6(2)9-8(4)12-13-10(9)11-7(5)3/h1-4H3. The van der Waals surface area contributed by atoms with Gasteiger partial charge in [-0.15, -0.1) is 0 Å². The summed E-state index contributed by atoms with van der Waals surface area (Å²) in [6, 6.07) is 0. The molecule has 0 aliphatic rings. The minimum Gasteiger partial charge on any atom is -0.336 e. The van der Waals surface area contributed by atoms with Gasteiger partial charge in [-0.05, 0) is 38.8 Å². The van der Waals surface area contributed by atoms with Crippen molar-refractivity contribution in [2.75, 3.05) is 0 Å². The molecular weight excluding hydrogens is 164 g/mol. The molecule has 0 spiro atoms. The van der Waals surface area contributed by atoms with Crippen molar-refractivity contribution >= 4 is 11.1 Å². The van der Waals surface area contributed by atoms with Gasteiger partial charge in [-0.25, -0.2) is 4.98 Å². The van der Waals surface area contributed by atoms with Gasteiger partial charge in [-0.1, -0.05) is 5.16 Å². The van der Waals surface area contributed by atoms with Gasteiger partial charge in [0.15, 0.2) is 0 Å². The molecule has 0 aliphatic carbocycles. The lowest BCUT2D eigenvalue weighted by molar-refractivity contribution is 0.442. The maximum absolute atomic E-state index is 5.10.